The lowest BCUT2D eigenvalue weighted by molar-refractivity contribution is -0.141. The third-order valence-electron chi connectivity index (χ3n) is 11.5. The number of imidazole rings is 2. The Hall–Kier alpha value is -8.99. The maximum absolute atomic E-state index is 14.4. The summed E-state index contributed by atoms with van der Waals surface area (Å²) in [5.41, 5.74) is 5.21. The first kappa shape index (κ1) is 47.1. The maximum atomic E-state index is 14.4. The summed E-state index contributed by atoms with van der Waals surface area (Å²) in [6.07, 6.45) is 4.11. The lowest BCUT2D eigenvalue weighted by Gasteiger charge is -2.14. The minimum absolute atomic E-state index is 0.0670. The number of fused-ring (bicyclic) bond motifs is 2. The summed E-state index contributed by atoms with van der Waals surface area (Å²) in [5, 5.41) is 5.38. The number of amides is 2. The van der Waals surface area contributed by atoms with Gasteiger partial charge in [0, 0.05) is 58.4 Å². The van der Waals surface area contributed by atoms with Crippen LogP contribution in [0.2, 0.25) is 0 Å². The molecule has 6 heterocycles. The zero-order chi connectivity index (χ0) is 50.1. The van der Waals surface area contributed by atoms with Crippen LogP contribution in [-0.4, -0.2) is 40.6 Å². The average Bonchev–Trinajstić information content (AvgIpc) is 4.00. The second-order valence-electron chi connectivity index (χ2n) is 16.3. The number of hydrogen-bond donors (Lipinski definition) is 2. The van der Waals surface area contributed by atoms with Crippen molar-refractivity contribution in [2.45, 2.75) is 26.9 Å². The molecule has 17 heteroatoms. The standard InChI is InChI=1S/C27H17F5N4O.C27H20F2N4O/c1-15-7-9-17(10-8-15)35-26(37)20-12-16(13-33-24(20)27(30,31)32)18-5-3-11-36-22(18)14-34-25(36)19-4-2-6-21(28)23(19)29;1-16-8-10-19(11-9-16)32-27(34)22-13-18(14-30-17(22)2)20-6-4-12-33-24(20)15-31-26(33)21-5-3-7-23(28)25(21)29/h2-14H,1H3,(H,35,37);3-15H,1-2H3,(H,32,34). The van der Waals surface area contributed by atoms with E-state index in [1.165, 1.54) is 34.9 Å². The molecule has 10 aromatic rings. The van der Waals surface area contributed by atoms with Crippen LogP contribution in [0.1, 0.15) is 43.2 Å². The van der Waals surface area contributed by atoms with E-state index in [-0.39, 0.29) is 34.2 Å². The van der Waals surface area contributed by atoms with Crippen LogP contribution in [0.4, 0.5) is 42.1 Å². The van der Waals surface area contributed by atoms with E-state index in [0.29, 0.717) is 44.8 Å². The molecule has 10 rings (SSSR count). The Kier molecular flexibility index (Phi) is 12.7. The molecule has 0 aliphatic rings. The predicted octanol–water partition coefficient (Wildman–Crippen LogP) is 13.1. The molecule has 0 radical (unpaired) electrons. The molecule has 10 nitrogen and oxygen atoms in total. The van der Waals surface area contributed by atoms with Crippen LogP contribution in [0.25, 0.3) is 56.1 Å². The fourth-order valence-electron chi connectivity index (χ4n) is 7.88. The Morgan fingerprint density at radius 2 is 0.915 bits per heavy atom. The minimum Gasteiger partial charge on any atom is -0.322 e. The predicted molar refractivity (Wildman–Crippen MR) is 256 cm³/mol. The number of hydrogen-bond acceptors (Lipinski definition) is 6. The number of alkyl halides is 3. The largest absolute Gasteiger partial charge is 0.434 e. The molecule has 71 heavy (non-hydrogen) atoms. The van der Waals surface area contributed by atoms with Gasteiger partial charge in [0.15, 0.2) is 29.0 Å². The van der Waals surface area contributed by atoms with Crippen molar-refractivity contribution >= 4 is 34.2 Å². The van der Waals surface area contributed by atoms with Gasteiger partial charge in [0.2, 0.25) is 0 Å². The fraction of sp³-hybridized carbons (Fsp3) is 0.0741. The number of halogens is 7. The van der Waals surface area contributed by atoms with Crippen LogP contribution < -0.4 is 10.6 Å². The van der Waals surface area contributed by atoms with Gasteiger partial charge in [-0.25, -0.2) is 27.5 Å². The first-order valence-electron chi connectivity index (χ1n) is 21.7. The molecule has 6 aromatic heterocycles. The maximum Gasteiger partial charge on any atom is 0.434 e. The average molecular weight is 963 g/mol. The van der Waals surface area contributed by atoms with Crippen LogP contribution in [0, 0.1) is 44.0 Å². The number of aryl methyl sites for hydroxylation is 3. The second-order valence-corrected chi connectivity index (χ2v) is 16.3. The van der Waals surface area contributed by atoms with E-state index in [4.69, 9.17) is 0 Å². The quantitative estimate of drug-likeness (QED) is 0.146. The van der Waals surface area contributed by atoms with Crippen molar-refractivity contribution in [3.8, 4) is 45.0 Å². The second kappa shape index (κ2) is 19.2. The van der Waals surface area contributed by atoms with Gasteiger partial charge < -0.3 is 10.6 Å². The summed E-state index contributed by atoms with van der Waals surface area (Å²) < 4.78 is 101. The SMILES string of the molecule is Cc1ccc(NC(=O)c2cc(-c3cccn4c(-c5cccc(F)c5F)ncc34)cnc2C(F)(F)F)cc1.Cc1ccc(NC(=O)c2cc(-c3cccn4c(-c5cccc(F)c5F)ncc34)cnc2C)cc1. The van der Waals surface area contributed by atoms with Crippen molar-refractivity contribution in [1.29, 1.82) is 0 Å². The van der Waals surface area contributed by atoms with Gasteiger partial charge in [0.25, 0.3) is 11.8 Å². The number of pyridine rings is 4. The molecule has 354 valence electrons. The minimum atomic E-state index is -4.87. The van der Waals surface area contributed by atoms with Gasteiger partial charge in [-0.1, -0.05) is 59.7 Å². The van der Waals surface area contributed by atoms with Gasteiger partial charge in [-0.15, -0.1) is 0 Å². The van der Waals surface area contributed by atoms with Gasteiger partial charge in [-0.2, -0.15) is 13.2 Å². The molecule has 0 aliphatic carbocycles. The molecule has 2 amide bonds. The Labute approximate surface area is 400 Å². The molecule has 0 bridgehead atoms. The summed E-state index contributed by atoms with van der Waals surface area (Å²) in [6, 6.07) is 31.6. The third-order valence-corrected chi connectivity index (χ3v) is 11.5. The van der Waals surface area contributed by atoms with Crippen LogP contribution >= 0.6 is 0 Å². The van der Waals surface area contributed by atoms with Crippen molar-refractivity contribution in [2.24, 2.45) is 0 Å². The number of rotatable bonds is 8. The molecule has 0 atom stereocenters. The van der Waals surface area contributed by atoms with Gasteiger partial charge in [0.05, 0.1) is 51.4 Å². The number of carbonyl (C=O) groups is 2. The number of anilines is 2. The number of nitrogens with one attached hydrogen (secondary N) is 2. The van der Waals surface area contributed by atoms with Gasteiger partial charge >= 0.3 is 6.18 Å². The normalized spacial score (nSPS) is 11.4. The van der Waals surface area contributed by atoms with Crippen LogP contribution in [-0.2, 0) is 6.18 Å². The topological polar surface area (TPSA) is 119 Å². The summed E-state index contributed by atoms with van der Waals surface area (Å²) in [6.45, 7) is 5.60. The van der Waals surface area contributed by atoms with E-state index in [1.807, 2.05) is 44.2 Å². The first-order valence-corrected chi connectivity index (χ1v) is 21.7. The monoisotopic (exact) mass is 962 g/mol. The Bertz CT molecular complexity index is 3660. The smallest absolute Gasteiger partial charge is 0.322 e. The van der Waals surface area contributed by atoms with Crippen molar-refractivity contribution < 1.29 is 40.3 Å². The number of nitrogens with zero attached hydrogens (tertiary/aromatic N) is 6. The first-order chi connectivity index (χ1) is 34.0. The molecule has 0 spiro atoms. The van der Waals surface area contributed by atoms with E-state index >= 15 is 0 Å². The summed E-state index contributed by atoms with van der Waals surface area (Å²) in [7, 11) is 0. The highest BCUT2D eigenvalue weighted by Gasteiger charge is 2.37. The Morgan fingerprint density at radius 1 is 0.493 bits per heavy atom. The molecule has 0 aliphatic heterocycles. The van der Waals surface area contributed by atoms with Crippen molar-refractivity contribution in [1.82, 2.24) is 28.7 Å². The highest BCUT2D eigenvalue weighted by Crippen LogP contribution is 2.36. The molecule has 2 N–H and O–H groups in total. The van der Waals surface area contributed by atoms with E-state index in [1.54, 1.807) is 84.6 Å². The van der Waals surface area contributed by atoms with E-state index in [9.17, 15) is 40.3 Å². The zero-order valence-corrected chi connectivity index (χ0v) is 37.7. The fourth-order valence-corrected chi connectivity index (χ4v) is 7.88. The lowest BCUT2D eigenvalue weighted by Crippen LogP contribution is -2.20. The molecule has 0 saturated carbocycles. The molecular weight excluding hydrogens is 926 g/mol. The Balaban J connectivity index is 0.000000176. The molecule has 0 unspecified atom stereocenters. The highest BCUT2D eigenvalue weighted by molar-refractivity contribution is 6.07. The lowest BCUT2D eigenvalue weighted by atomic mass is 10.0. The van der Waals surface area contributed by atoms with Crippen molar-refractivity contribution in [2.75, 3.05) is 10.6 Å². The summed E-state index contributed by atoms with van der Waals surface area (Å²) in [4.78, 5) is 42.5. The van der Waals surface area contributed by atoms with Crippen LogP contribution in [0.15, 0.2) is 159 Å². The van der Waals surface area contributed by atoms with E-state index in [2.05, 4.69) is 30.6 Å². The summed E-state index contributed by atoms with van der Waals surface area (Å²) >= 11 is 0. The number of carbonyl (C=O) groups excluding carboxylic acids is 2. The van der Waals surface area contributed by atoms with Gasteiger partial charge in [0.1, 0.15) is 11.6 Å². The molecule has 0 fully saturated rings. The van der Waals surface area contributed by atoms with Crippen molar-refractivity contribution in [3.63, 3.8) is 0 Å². The van der Waals surface area contributed by atoms with Gasteiger partial charge in [-0.05, 0) is 93.6 Å². The highest BCUT2D eigenvalue weighted by atomic mass is 19.4. The summed E-state index contributed by atoms with van der Waals surface area (Å²) in [5.74, 6) is -4.86. The van der Waals surface area contributed by atoms with Crippen LogP contribution in [0.5, 0.6) is 0 Å². The number of aromatic nitrogens is 6. The molecule has 0 saturated heterocycles. The molecular formula is C54H37F7N8O2. The third kappa shape index (κ3) is 9.57. The zero-order valence-electron chi connectivity index (χ0n) is 37.7. The van der Waals surface area contributed by atoms with E-state index < -0.39 is 46.6 Å². The molecule has 4 aromatic carbocycles. The van der Waals surface area contributed by atoms with Gasteiger partial charge in [-0.3, -0.25) is 28.4 Å². The van der Waals surface area contributed by atoms with E-state index in [0.717, 1.165) is 41.1 Å². The number of benzene rings is 4. The van der Waals surface area contributed by atoms with Crippen LogP contribution in [0.3, 0.4) is 0 Å². The Morgan fingerprint density at radius 3 is 1.38 bits per heavy atom. The van der Waals surface area contributed by atoms with Crippen molar-refractivity contribution in [3.05, 3.63) is 215 Å².